The van der Waals surface area contributed by atoms with E-state index in [-0.39, 0.29) is 0 Å². The second kappa shape index (κ2) is 11.8. The summed E-state index contributed by atoms with van der Waals surface area (Å²) in [6.45, 7) is 0. The molecule has 0 fully saturated rings. The maximum Gasteiger partial charge on any atom is 0.160 e. The quantitative estimate of drug-likeness (QED) is 0.183. The lowest BCUT2D eigenvalue weighted by Gasteiger charge is -2.35. The number of aromatic nitrogens is 2. The minimum atomic E-state index is -0.527. The summed E-state index contributed by atoms with van der Waals surface area (Å²) >= 11 is 0. The zero-order valence-corrected chi connectivity index (χ0v) is 30.3. The summed E-state index contributed by atoms with van der Waals surface area (Å²) in [5, 5.41) is 2.13. The molecule has 3 heteroatoms. The van der Waals surface area contributed by atoms with Crippen LogP contribution in [0.1, 0.15) is 22.3 Å². The number of para-hydroxylation sites is 1. The average Bonchev–Trinajstić information content (AvgIpc) is 3.77. The minimum Gasteiger partial charge on any atom is -0.456 e. The number of nitrogens with zero attached hydrogens (tertiary/aromatic N) is 2. The fourth-order valence-electron chi connectivity index (χ4n) is 9.65. The smallest absolute Gasteiger partial charge is 0.160 e. The molecule has 2 aliphatic rings. The van der Waals surface area contributed by atoms with Gasteiger partial charge in [0.15, 0.2) is 5.82 Å². The van der Waals surface area contributed by atoms with Crippen LogP contribution in [0.2, 0.25) is 0 Å². The summed E-state index contributed by atoms with van der Waals surface area (Å²) in [5.74, 6) is 0.681. The molecule has 0 saturated heterocycles. The van der Waals surface area contributed by atoms with Crippen LogP contribution in [0.25, 0.3) is 89.2 Å². The van der Waals surface area contributed by atoms with E-state index in [1.54, 1.807) is 0 Å². The third-order valence-electron chi connectivity index (χ3n) is 11.9. The molecule has 0 saturated carbocycles. The molecule has 8 aromatic carbocycles. The molecular weight excluding hydrogens is 681 g/mol. The van der Waals surface area contributed by atoms with E-state index < -0.39 is 5.41 Å². The molecule has 0 amide bonds. The van der Waals surface area contributed by atoms with E-state index in [0.29, 0.717) is 5.82 Å². The van der Waals surface area contributed by atoms with Crippen molar-refractivity contribution >= 4 is 21.9 Å². The van der Waals surface area contributed by atoms with E-state index in [1.165, 1.54) is 55.6 Å². The summed E-state index contributed by atoms with van der Waals surface area (Å²) in [6.07, 6.45) is 0. The van der Waals surface area contributed by atoms with Crippen LogP contribution in [-0.2, 0) is 5.41 Å². The molecule has 2 heterocycles. The standard InChI is InChI=1S/C53H32N2O/c1-2-15-33(16-3-1)52-54-47(32-48(55-52)40-23-14-28-50-51(40)41-22-9-13-27-49(41)56-50)34-29-30-46-42(31-34)36-18-5-4-17-35(36)37-19-6-10-24-43(37)53(46)44-25-11-7-20-38(44)39-21-8-12-26-45(39)53/h1-32H. The summed E-state index contributed by atoms with van der Waals surface area (Å²) in [4.78, 5) is 10.6. The summed E-state index contributed by atoms with van der Waals surface area (Å²) in [7, 11) is 0. The van der Waals surface area contributed by atoms with Gasteiger partial charge < -0.3 is 4.42 Å². The number of fused-ring (bicyclic) bond motifs is 15. The Labute approximate surface area is 324 Å². The van der Waals surface area contributed by atoms with E-state index in [4.69, 9.17) is 14.4 Å². The van der Waals surface area contributed by atoms with Gasteiger partial charge in [0, 0.05) is 27.5 Å². The Morgan fingerprint density at radius 2 is 0.857 bits per heavy atom. The van der Waals surface area contributed by atoms with Gasteiger partial charge >= 0.3 is 0 Å². The van der Waals surface area contributed by atoms with Crippen LogP contribution in [0.15, 0.2) is 199 Å². The summed E-state index contributed by atoms with van der Waals surface area (Å²) in [5.41, 5.74) is 18.6. The largest absolute Gasteiger partial charge is 0.456 e. The fraction of sp³-hybridized carbons (Fsp3) is 0.0189. The zero-order valence-electron chi connectivity index (χ0n) is 30.3. The van der Waals surface area contributed by atoms with Gasteiger partial charge in [0.1, 0.15) is 11.2 Å². The zero-order chi connectivity index (χ0) is 36.8. The van der Waals surface area contributed by atoms with Crippen molar-refractivity contribution in [2.24, 2.45) is 0 Å². The highest BCUT2D eigenvalue weighted by molar-refractivity contribution is 6.12. The maximum absolute atomic E-state index is 6.33. The molecule has 260 valence electrons. The van der Waals surface area contributed by atoms with Gasteiger partial charge in [0.05, 0.1) is 16.8 Å². The van der Waals surface area contributed by atoms with Gasteiger partial charge in [0.25, 0.3) is 0 Å². The highest BCUT2D eigenvalue weighted by Crippen LogP contribution is 2.61. The first kappa shape index (κ1) is 31.0. The summed E-state index contributed by atoms with van der Waals surface area (Å²) in [6, 6.07) is 69.8. The first-order valence-corrected chi connectivity index (χ1v) is 19.2. The molecular formula is C53H32N2O. The topological polar surface area (TPSA) is 38.9 Å². The number of hydrogen-bond acceptors (Lipinski definition) is 3. The van der Waals surface area contributed by atoms with Gasteiger partial charge in [-0.05, 0) is 79.9 Å². The monoisotopic (exact) mass is 712 g/mol. The molecule has 0 radical (unpaired) electrons. The molecule has 0 aliphatic heterocycles. The van der Waals surface area contributed by atoms with Crippen molar-refractivity contribution in [2.75, 3.05) is 0 Å². The van der Waals surface area contributed by atoms with Crippen molar-refractivity contribution in [1.82, 2.24) is 9.97 Å². The van der Waals surface area contributed by atoms with Crippen LogP contribution in [0, 0.1) is 0 Å². The van der Waals surface area contributed by atoms with E-state index >= 15 is 0 Å². The molecule has 12 rings (SSSR count). The van der Waals surface area contributed by atoms with E-state index in [1.807, 2.05) is 36.4 Å². The van der Waals surface area contributed by atoms with Crippen LogP contribution in [0.3, 0.4) is 0 Å². The Balaban J connectivity index is 1.16. The highest BCUT2D eigenvalue weighted by atomic mass is 16.3. The first-order valence-electron chi connectivity index (χ1n) is 19.2. The van der Waals surface area contributed by atoms with Gasteiger partial charge in [-0.25, -0.2) is 9.97 Å². The van der Waals surface area contributed by atoms with Crippen molar-refractivity contribution in [1.29, 1.82) is 0 Å². The van der Waals surface area contributed by atoms with Gasteiger partial charge in [0.2, 0.25) is 0 Å². The predicted octanol–water partition coefficient (Wildman–Crippen LogP) is 13.4. The van der Waals surface area contributed by atoms with Crippen molar-refractivity contribution in [3.63, 3.8) is 0 Å². The van der Waals surface area contributed by atoms with E-state index in [2.05, 4.69) is 158 Å². The number of furan rings is 1. The SMILES string of the molecule is c1ccc(-c2nc(-c3ccc4c(c3)-c3ccccc3-c3ccccc3C43c4ccccc4-c4ccccc43)cc(-c3cccc4oc5ccccc5c34)n2)cc1. The molecule has 2 aliphatic carbocycles. The highest BCUT2D eigenvalue weighted by Gasteiger charge is 2.49. The van der Waals surface area contributed by atoms with Crippen LogP contribution >= 0.6 is 0 Å². The minimum absolute atomic E-state index is 0.527. The Morgan fingerprint density at radius 1 is 0.339 bits per heavy atom. The Bertz CT molecular complexity index is 3170. The summed E-state index contributed by atoms with van der Waals surface area (Å²) < 4.78 is 6.33. The number of benzene rings is 8. The van der Waals surface area contributed by atoms with Crippen LogP contribution in [-0.4, -0.2) is 9.97 Å². The lowest BCUT2D eigenvalue weighted by Crippen LogP contribution is -2.29. The molecule has 2 aromatic heterocycles. The van der Waals surface area contributed by atoms with Crippen LogP contribution in [0.5, 0.6) is 0 Å². The maximum atomic E-state index is 6.33. The molecule has 1 spiro atoms. The van der Waals surface area contributed by atoms with Crippen molar-refractivity contribution in [2.45, 2.75) is 5.41 Å². The van der Waals surface area contributed by atoms with Gasteiger partial charge in [-0.2, -0.15) is 0 Å². The number of rotatable bonds is 3. The molecule has 56 heavy (non-hydrogen) atoms. The number of hydrogen-bond donors (Lipinski definition) is 0. The molecule has 0 bridgehead atoms. The van der Waals surface area contributed by atoms with Gasteiger partial charge in [-0.15, -0.1) is 0 Å². The predicted molar refractivity (Wildman–Crippen MR) is 227 cm³/mol. The Hall–Kier alpha value is -7.36. The normalized spacial score (nSPS) is 13.1. The van der Waals surface area contributed by atoms with Crippen LogP contribution < -0.4 is 0 Å². The van der Waals surface area contributed by atoms with Crippen molar-refractivity contribution in [3.8, 4) is 67.3 Å². The molecule has 10 aromatic rings. The Kier molecular flexibility index (Phi) is 6.55. The van der Waals surface area contributed by atoms with Gasteiger partial charge in [-0.3, -0.25) is 0 Å². The second-order valence-electron chi connectivity index (χ2n) is 14.8. The lowest BCUT2D eigenvalue weighted by molar-refractivity contribution is 0.669. The molecule has 0 unspecified atom stereocenters. The fourth-order valence-corrected chi connectivity index (χ4v) is 9.65. The van der Waals surface area contributed by atoms with Gasteiger partial charge in [-0.1, -0.05) is 170 Å². The lowest BCUT2D eigenvalue weighted by atomic mass is 9.66. The van der Waals surface area contributed by atoms with E-state index in [0.717, 1.165) is 50.0 Å². The average molecular weight is 713 g/mol. The molecule has 0 atom stereocenters. The third kappa shape index (κ3) is 4.28. The second-order valence-corrected chi connectivity index (χ2v) is 14.8. The first-order chi connectivity index (χ1) is 27.8. The van der Waals surface area contributed by atoms with Crippen LogP contribution in [0.4, 0.5) is 0 Å². The van der Waals surface area contributed by atoms with E-state index in [9.17, 15) is 0 Å². The van der Waals surface area contributed by atoms with Crippen molar-refractivity contribution < 1.29 is 4.42 Å². The Morgan fingerprint density at radius 3 is 1.57 bits per heavy atom. The molecule has 0 N–H and O–H groups in total. The third-order valence-corrected chi connectivity index (χ3v) is 11.9. The van der Waals surface area contributed by atoms with Crippen molar-refractivity contribution in [3.05, 3.63) is 216 Å². The molecule has 3 nitrogen and oxygen atoms in total.